The minimum absolute atomic E-state index is 0.178. The lowest BCUT2D eigenvalue weighted by molar-refractivity contribution is 0.0734. The van der Waals surface area contributed by atoms with E-state index < -0.39 is 0 Å². The van der Waals surface area contributed by atoms with Gasteiger partial charge in [0.2, 0.25) is 0 Å². The molecule has 2 N–H and O–H groups in total. The Kier molecular flexibility index (Phi) is 3.05. The number of carbonyl (C=O) groups excluding carboxylic acids is 1. The van der Waals surface area contributed by atoms with Crippen LogP contribution in [0.25, 0.3) is 0 Å². The Bertz CT molecular complexity index is 447. The third-order valence-electron chi connectivity index (χ3n) is 2.69. The fourth-order valence-electron chi connectivity index (χ4n) is 1.78. The molecule has 1 aromatic heterocycles. The van der Waals surface area contributed by atoms with E-state index in [2.05, 4.69) is 10.3 Å². The van der Waals surface area contributed by atoms with E-state index in [1.165, 1.54) is 0 Å². The number of piperazine rings is 1. The molecule has 0 aromatic carbocycles. The van der Waals surface area contributed by atoms with Gasteiger partial charge in [-0.3, -0.25) is 9.59 Å². The monoisotopic (exact) mass is 221 g/mol. The van der Waals surface area contributed by atoms with Crippen molar-refractivity contribution in [3.05, 3.63) is 33.7 Å². The summed E-state index contributed by atoms with van der Waals surface area (Å²) in [7, 11) is 0. The normalized spacial score (nSPS) is 16.2. The lowest BCUT2D eigenvalue weighted by atomic mass is 10.2. The van der Waals surface area contributed by atoms with Crippen molar-refractivity contribution in [3.63, 3.8) is 0 Å². The molecule has 5 nitrogen and oxygen atoms in total. The number of H-pyrrole nitrogens is 1. The Morgan fingerprint density at radius 3 is 2.62 bits per heavy atom. The van der Waals surface area contributed by atoms with Crippen molar-refractivity contribution in [2.75, 3.05) is 26.2 Å². The molecule has 0 unspecified atom stereocenters. The number of rotatable bonds is 1. The SMILES string of the molecule is Cc1ccc(C(=O)N2CCNCC2)c(=O)[nH]1. The van der Waals surface area contributed by atoms with E-state index in [0.29, 0.717) is 13.1 Å². The number of nitrogens with one attached hydrogen (secondary N) is 2. The molecule has 1 amide bonds. The molecule has 0 aliphatic carbocycles. The third kappa shape index (κ3) is 2.14. The first-order valence-corrected chi connectivity index (χ1v) is 5.38. The zero-order valence-corrected chi connectivity index (χ0v) is 9.25. The second-order valence-corrected chi connectivity index (χ2v) is 3.93. The minimum Gasteiger partial charge on any atom is -0.336 e. The van der Waals surface area contributed by atoms with Gasteiger partial charge in [0.1, 0.15) is 5.56 Å². The van der Waals surface area contributed by atoms with Crippen molar-refractivity contribution in [1.82, 2.24) is 15.2 Å². The number of aryl methyl sites for hydroxylation is 1. The predicted octanol–water partition coefficient (Wildman–Crippen LogP) is -0.271. The van der Waals surface area contributed by atoms with E-state index in [-0.39, 0.29) is 17.0 Å². The highest BCUT2D eigenvalue weighted by Crippen LogP contribution is 2.01. The van der Waals surface area contributed by atoms with Crippen molar-refractivity contribution in [1.29, 1.82) is 0 Å². The number of aromatic amines is 1. The molecule has 86 valence electrons. The van der Waals surface area contributed by atoms with Crippen molar-refractivity contribution in [2.45, 2.75) is 6.92 Å². The van der Waals surface area contributed by atoms with Crippen LogP contribution in [0.1, 0.15) is 16.1 Å². The van der Waals surface area contributed by atoms with Gasteiger partial charge in [-0.25, -0.2) is 0 Å². The fraction of sp³-hybridized carbons (Fsp3) is 0.455. The van der Waals surface area contributed by atoms with Gasteiger partial charge in [-0.05, 0) is 19.1 Å². The van der Waals surface area contributed by atoms with Crippen molar-refractivity contribution < 1.29 is 4.79 Å². The van der Waals surface area contributed by atoms with E-state index in [1.54, 1.807) is 24.0 Å². The highest BCUT2D eigenvalue weighted by Gasteiger charge is 2.19. The summed E-state index contributed by atoms with van der Waals surface area (Å²) < 4.78 is 0. The van der Waals surface area contributed by atoms with E-state index in [4.69, 9.17) is 0 Å². The third-order valence-corrected chi connectivity index (χ3v) is 2.69. The van der Waals surface area contributed by atoms with Gasteiger partial charge in [-0.1, -0.05) is 0 Å². The van der Waals surface area contributed by atoms with Crippen LogP contribution >= 0.6 is 0 Å². The molecule has 5 heteroatoms. The zero-order valence-electron chi connectivity index (χ0n) is 9.25. The van der Waals surface area contributed by atoms with Gasteiger partial charge in [0, 0.05) is 31.9 Å². The fourth-order valence-corrected chi connectivity index (χ4v) is 1.78. The molecular weight excluding hydrogens is 206 g/mol. The summed E-state index contributed by atoms with van der Waals surface area (Å²) in [6.45, 7) is 4.68. The zero-order chi connectivity index (χ0) is 11.5. The Morgan fingerprint density at radius 1 is 1.31 bits per heavy atom. The molecule has 0 atom stereocenters. The van der Waals surface area contributed by atoms with Crippen LogP contribution in [0, 0.1) is 6.92 Å². The van der Waals surface area contributed by atoms with Crippen LogP contribution in [0.3, 0.4) is 0 Å². The highest BCUT2D eigenvalue weighted by atomic mass is 16.2. The van der Waals surface area contributed by atoms with Crippen LogP contribution in [0.5, 0.6) is 0 Å². The van der Waals surface area contributed by atoms with Crippen LogP contribution in [0.2, 0.25) is 0 Å². The lowest BCUT2D eigenvalue weighted by Gasteiger charge is -2.27. The van der Waals surface area contributed by atoms with Gasteiger partial charge < -0.3 is 15.2 Å². The topological polar surface area (TPSA) is 65.2 Å². The molecule has 1 aliphatic rings. The van der Waals surface area contributed by atoms with Crippen LogP contribution in [-0.4, -0.2) is 42.0 Å². The Labute approximate surface area is 93.5 Å². The average Bonchev–Trinajstić information content (AvgIpc) is 2.29. The van der Waals surface area contributed by atoms with Gasteiger partial charge >= 0.3 is 0 Å². The molecule has 2 heterocycles. The van der Waals surface area contributed by atoms with Crippen LogP contribution in [-0.2, 0) is 0 Å². The summed E-state index contributed by atoms with van der Waals surface area (Å²) in [4.78, 5) is 28.0. The smallest absolute Gasteiger partial charge is 0.260 e. The molecular formula is C11H15N3O2. The molecule has 0 radical (unpaired) electrons. The quantitative estimate of drug-likeness (QED) is 0.686. The molecule has 0 bridgehead atoms. The number of carbonyl (C=O) groups is 1. The summed E-state index contributed by atoms with van der Waals surface area (Å²) >= 11 is 0. The summed E-state index contributed by atoms with van der Waals surface area (Å²) in [6.07, 6.45) is 0. The van der Waals surface area contributed by atoms with Crippen molar-refractivity contribution >= 4 is 5.91 Å². The Balaban J connectivity index is 2.23. The number of hydrogen-bond donors (Lipinski definition) is 2. The summed E-state index contributed by atoms with van der Waals surface area (Å²) in [6, 6.07) is 3.34. The number of amides is 1. The standard InChI is InChI=1S/C11H15N3O2/c1-8-2-3-9(10(15)13-8)11(16)14-6-4-12-5-7-14/h2-3,12H,4-7H2,1H3,(H,13,15). The first-order valence-electron chi connectivity index (χ1n) is 5.38. The van der Waals surface area contributed by atoms with Gasteiger partial charge in [-0.15, -0.1) is 0 Å². The predicted molar refractivity (Wildman–Crippen MR) is 60.6 cm³/mol. The molecule has 0 spiro atoms. The Morgan fingerprint density at radius 2 is 2.00 bits per heavy atom. The van der Waals surface area contributed by atoms with Crippen molar-refractivity contribution in [2.24, 2.45) is 0 Å². The summed E-state index contributed by atoms with van der Waals surface area (Å²) in [5, 5.41) is 3.16. The highest BCUT2D eigenvalue weighted by molar-refractivity contribution is 5.93. The van der Waals surface area contributed by atoms with Crippen LogP contribution < -0.4 is 10.9 Å². The second kappa shape index (κ2) is 4.49. The van der Waals surface area contributed by atoms with E-state index in [9.17, 15) is 9.59 Å². The van der Waals surface area contributed by atoms with E-state index in [0.717, 1.165) is 18.8 Å². The molecule has 1 saturated heterocycles. The van der Waals surface area contributed by atoms with Crippen LogP contribution in [0.15, 0.2) is 16.9 Å². The average molecular weight is 221 g/mol. The maximum atomic E-state index is 12.0. The molecule has 0 saturated carbocycles. The van der Waals surface area contributed by atoms with Crippen LogP contribution in [0.4, 0.5) is 0 Å². The van der Waals surface area contributed by atoms with E-state index in [1.807, 2.05) is 0 Å². The second-order valence-electron chi connectivity index (χ2n) is 3.93. The van der Waals surface area contributed by atoms with E-state index >= 15 is 0 Å². The lowest BCUT2D eigenvalue weighted by Crippen LogP contribution is -2.47. The maximum absolute atomic E-state index is 12.0. The molecule has 1 aliphatic heterocycles. The molecule has 16 heavy (non-hydrogen) atoms. The number of nitrogens with zero attached hydrogens (tertiary/aromatic N) is 1. The first kappa shape index (κ1) is 10.9. The number of hydrogen-bond acceptors (Lipinski definition) is 3. The van der Waals surface area contributed by atoms with Gasteiger partial charge in [-0.2, -0.15) is 0 Å². The largest absolute Gasteiger partial charge is 0.336 e. The molecule has 1 fully saturated rings. The van der Waals surface area contributed by atoms with Gasteiger partial charge in [0.25, 0.3) is 11.5 Å². The maximum Gasteiger partial charge on any atom is 0.260 e. The van der Waals surface area contributed by atoms with Gasteiger partial charge in [0.05, 0.1) is 0 Å². The first-order chi connectivity index (χ1) is 7.68. The molecule has 2 rings (SSSR count). The Hall–Kier alpha value is -1.62. The number of pyridine rings is 1. The minimum atomic E-state index is -0.302. The van der Waals surface area contributed by atoms with Gasteiger partial charge in [0.15, 0.2) is 0 Å². The van der Waals surface area contributed by atoms with Crippen molar-refractivity contribution in [3.8, 4) is 0 Å². The number of aromatic nitrogens is 1. The molecule has 1 aromatic rings. The summed E-state index contributed by atoms with van der Waals surface area (Å²) in [5.41, 5.74) is 0.692. The summed E-state index contributed by atoms with van der Waals surface area (Å²) in [5.74, 6) is -0.178.